The molecule has 5 aromatic rings. The Labute approximate surface area is 190 Å². The number of benzene rings is 3. The summed E-state index contributed by atoms with van der Waals surface area (Å²) in [6, 6.07) is 21.5. The Balaban J connectivity index is 1.75. The van der Waals surface area contributed by atoms with Gasteiger partial charge in [0.15, 0.2) is 11.5 Å². The zero-order chi connectivity index (χ0) is 22.2. The highest BCUT2D eigenvalue weighted by atomic mass is 32.1. The van der Waals surface area contributed by atoms with Crippen molar-refractivity contribution >= 4 is 22.1 Å². The number of hydrogen-bond acceptors (Lipinski definition) is 4. The number of ether oxygens (including phenoxy) is 1. The van der Waals surface area contributed by atoms with Gasteiger partial charge in [0.2, 0.25) is 0 Å². The van der Waals surface area contributed by atoms with E-state index in [-0.39, 0.29) is 17.6 Å². The molecule has 2 aromatic heterocycles. The van der Waals surface area contributed by atoms with E-state index in [1.807, 2.05) is 38.2 Å². The minimum Gasteiger partial charge on any atom is -0.504 e. The van der Waals surface area contributed by atoms with Gasteiger partial charge in [-0.3, -0.25) is 0 Å². The molecular weight excluding hydrogens is 418 g/mol. The van der Waals surface area contributed by atoms with Crippen LogP contribution in [0.5, 0.6) is 17.2 Å². The van der Waals surface area contributed by atoms with Crippen LogP contribution in [0, 0.1) is 0 Å². The zero-order valence-corrected chi connectivity index (χ0v) is 18.6. The van der Waals surface area contributed by atoms with Crippen molar-refractivity contribution in [2.75, 3.05) is 0 Å². The van der Waals surface area contributed by atoms with Gasteiger partial charge in [-0.15, -0.1) is 11.3 Å². The summed E-state index contributed by atoms with van der Waals surface area (Å²) in [4.78, 5) is 4.58. The summed E-state index contributed by atoms with van der Waals surface area (Å²) < 4.78 is 5.90. The number of rotatable bonds is 5. The molecule has 0 saturated heterocycles. The maximum atomic E-state index is 10.1. The van der Waals surface area contributed by atoms with Gasteiger partial charge in [0.05, 0.1) is 16.7 Å². The fourth-order valence-corrected chi connectivity index (χ4v) is 4.80. The van der Waals surface area contributed by atoms with E-state index in [0.29, 0.717) is 0 Å². The van der Waals surface area contributed by atoms with Gasteiger partial charge in [-0.05, 0) is 71.5 Å². The molecule has 0 atom stereocenters. The molecule has 4 nitrogen and oxygen atoms in total. The van der Waals surface area contributed by atoms with E-state index in [4.69, 9.17) is 4.74 Å². The standard InChI is InChI=1S/C27H23NO3S/c1-16(2)31-19-9-10-20-17(13-19)5-3-6-21(20)26-22(18-8-11-23(29)24(30)14-18)15-28-27(26)25-7-4-12-32-25/h3-16,28-30H,1-2H3. The summed E-state index contributed by atoms with van der Waals surface area (Å²) in [5, 5.41) is 24.2. The highest BCUT2D eigenvalue weighted by Crippen LogP contribution is 2.45. The van der Waals surface area contributed by atoms with E-state index in [1.54, 1.807) is 17.4 Å². The summed E-state index contributed by atoms with van der Waals surface area (Å²) in [5.74, 6) is 0.578. The maximum Gasteiger partial charge on any atom is 0.158 e. The van der Waals surface area contributed by atoms with Crippen LogP contribution in [-0.4, -0.2) is 21.3 Å². The molecule has 2 heterocycles. The average molecular weight is 442 g/mol. The van der Waals surface area contributed by atoms with Gasteiger partial charge in [-0.2, -0.15) is 0 Å². The van der Waals surface area contributed by atoms with Crippen LogP contribution in [0.2, 0.25) is 0 Å². The lowest BCUT2D eigenvalue weighted by molar-refractivity contribution is 0.243. The molecule has 160 valence electrons. The number of H-pyrrole nitrogens is 1. The van der Waals surface area contributed by atoms with E-state index in [1.165, 1.54) is 6.07 Å². The molecule has 0 spiro atoms. The summed E-state index contributed by atoms with van der Waals surface area (Å²) in [6.07, 6.45) is 2.07. The van der Waals surface area contributed by atoms with E-state index < -0.39 is 0 Å². The third-order valence-electron chi connectivity index (χ3n) is 5.43. The molecule has 0 radical (unpaired) electrons. The third-order valence-corrected chi connectivity index (χ3v) is 6.31. The second kappa shape index (κ2) is 8.09. The van der Waals surface area contributed by atoms with Gasteiger partial charge in [0.25, 0.3) is 0 Å². The lowest BCUT2D eigenvalue weighted by Gasteiger charge is -2.14. The Bertz CT molecular complexity index is 1400. The Hall–Kier alpha value is -3.70. The predicted octanol–water partition coefficient (Wildman–Crippen LogP) is 7.43. The van der Waals surface area contributed by atoms with Crippen LogP contribution in [0.3, 0.4) is 0 Å². The number of phenolic OH excluding ortho intramolecular Hbond substituents is 2. The molecule has 0 unspecified atom stereocenters. The van der Waals surface area contributed by atoms with E-state index >= 15 is 0 Å². The molecule has 0 aliphatic rings. The normalized spacial score (nSPS) is 11.3. The van der Waals surface area contributed by atoms with Gasteiger partial charge in [-0.25, -0.2) is 0 Å². The smallest absolute Gasteiger partial charge is 0.158 e. The van der Waals surface area contributed by atoms with E-state index in [9.17, 15) is 10.2 Å². The molecular formula is C27H23NO3S. The molecule has 0 aliphatic carbocycles. The summed E-state index contributed by atoms with van der Waals surface area (Å²) >= 11 is 1.67. The van der Waals surface area contributed by atoms with Crippen LogP contribution >= 0.6 is 11.3 Å². The zero-order valence-electron chi connectivity index (χ0n) is 17.8. The summed E-state index contributed by atoms with van der Waals surface area (Å²) in [7, 11) is 0. The monoisotopic (exact) mass is 441 g/mol. The first-order valence-corrected chi connectivity index (χ1v) is 11.4. The Morgan fingerprint density at radius 1 is 0.875 bits per heavy atom. The molecule has 3 N–H and O–H groups in total. The van der Waals surface area contributed by atoms with E-state index in [0.717, 1.165) is 49.3 Å². The quantitative estimate of drug-likeness (QED) is 0.249. The molecule has 5 rings (SSSR count). The summed E-state index contributed by atoms with van der Waals surface area (Å²) in [6.45, 7) is 4.04. The number of aromatic amines is 1. The Morgan fingerprint density at radius 3 is 2.50 bits per heavy atom. The molecule has 0 aliphatic heterocycles. The van der Waals surface area contributed by atoms with Gasteiger partial charge < -0.3 is 19.9 Å². The fraction of sp³-hybridized carbons (Fsp3) is 0.111. The van der Waals surface area contributed by atoms with Crippen LogP contribution in [0.25, 0.3) is 43.6 Å². The molecule has 0 bridgehead atoms. The number of fused-ring (bicyclic) bond motifs is 1. The Kier molecular flexibility index (Phi) is 5.11. The van der Waals surface area contributed by atoms with Crippen molar-refractivity contribution in [3.05, 3.63) is 78.3 Å². The number of aromatic hydroxyl groups is 2. The molecule has 0 saturated carbocycles. The van der Waals surface area contributed by atoms with E-state index in [2.05, 4.69) is 46.8 Å². The summed E-state index contributed by atoms with van der Waals surface area (Å²) in [5.41, 5.74) is 4.95. The van der Waals surface area contributed by atoms with Crippen molar-refractivity contribution in [2.45, 2.75) is 20.0 Å². The molecule has 3 aromatic carbocycles. The molecule has 5 heteroatoms. The second-order valence-electron chi connectivity index (χ2n) is 7.99. The minimum absolute atomic E-state index is 0.111. The van der Waals surface area contributed by atoms with Crippen molar-refractivity contribution in [1.29, 1.82) is 0 Å². The van der Waals surface area contributed by atoms with Gasteiger partial charge in [-0.1, -0.05) is 36.4 Å². The highest BCUT2D eigenvalue weighted by Gasteiger charge is 2.19. The minimum atomic E-state index is -0.138. The lowest BCUT2D eigenvalue weighted by atomic mass is 9.92. The van der Waals surface area contributed by atoms with Gasteiger partial charge >= 0.3 is 0 Å². The largest absolute Gasteiger partial charge is 0.504 e. The van der Waals surface area contributed by atoms with Crippen LogP contribution in [-0.2, 0) is 0 Å². The van der Waals surface area contributed by atoms with Crippen LogP contribution < -0.4 is 4.74 Å². The third kappa shape index (κ3) is 3.61. The first-order valence-electron chi connectivity index (χ1n) is 10.5. The SMILES string of the molecule is CC(C)Oc1ccc2c(-c3c(-c4ccc(O)c(O)c4)c[nH]c3-c3cccs3)cccc2c1. The molecule has 0 amide bonds. The number of nitrogens with one attached hydrogen (secondary N) is 1. The van der Waals surface area contributed by atoms with Crippen LogP contribution in [0.15, 0.2) is 78.3 Å². The highest BCUT2D eigenvalue weighted by molar-refractivity contribution is 7.13. The predicted molar refractivity (Wildman–Crippen MR) is 132 cm³/mol. The lowest BCUT2D eigenvalue weighted by Crippen LogP contribution is -2.05. The van der Waals surface area contributed by atoms with Crippen molar-refractivity contribution in [2.24, 2.45) is 0 Å². The van der Waals surface area contributed by atoms with Gasteiger partial charge in [0.1, 0.15) is 5.75 Å². The Morgan fingerprint density at radius 2 is 1.75 bits per heavy atom. The van der Waals surface area contributed by atoms with Crippen molar-refractivity contribution in [3.8, 4) is 50.1 Å². The molecule has 32 heavy (non-hydrogen) atoms. The number of phenols is 2. The second-order valence-corrected chi connectivity index (χ2v) is 8.94. The number of thiophene rings is 1. The van der Waals surface area contributed by atoms with Crippen molar-refractivity contribution < 1.29 is 14.9 Å². The van der Waals surface area contributed by atoms with Crippen LogP contribution in [0.1, 0.15) is 13.8 Å². The number of aromatic nitrogens is 1. The first kappa shape index (κ1) is 20.2. The topological polar surface area (TPSA) is 65.5 Å². The van der Waals surface area contributed by atoms with Gasteiger partial charge in [0, 0.05) is 17.3 Å². The average Bonchev–Trinajstić information content (AvgIpc) is 3.44. The van der Waals surface area contributed by atoms with Crippen molar-refractivity contribution in [3.63, 3.8) is 0 Å². The fourth-order valence-electron chi connectivity index (χ4n) is 4.06. The maximum absolute atomic E-state index is 10.1. The number of hydrogen-bond donors (Lipinski definition) is 3. The molecule has 0 fully saturated rings. The van der Waals surface area contributed by atoms with Crippen molar-refractivity contribution in [1.82, 2.24) is 4.98 Å². The first-order chi connectivity index (χ1) is 15.5. The van der Waals surface area contributed by atoms with Crippen LogP contribution in [0.4, 0.5) is 0 Å².